The number of nitrogens with two attached hydrogens (primary N) is 1. The first-order valence-corrected chi connectivity index (χ1v) is 8.12. The summed E-state index contributed by atoms with van der Waals surface area (Å²) >= 11 is 0. The maximum absolute atomic E-state index is 5.91. The van der Waals surface area contributed by atoms with E-state index in [1.54, 1.807) is 0 Å². The van der Waals surface area contributed by atoms with Gasteiger partial charge in [-0.25, -0.2) is 9.98 Å². The van der Waals surface area contributed by atoms with E-state index in [0.717, 1.165) is 57.3 Å². The standard InChI is InChI=1S/C16H28N6O.HI/c1-21(2)15-6-3-5-14(20-15)13-19-16(17)18-7-4-8-22-9-11-23-12-10-22;/h3,5-6H,4,7-13H2,1-2H3,(H3,17,18,19);1H. The first kappa shape index (κ1) is 20.9. The number of rotatable bonds is 7. The molecule has 0 atom stereocenters. The fraction of sp³-hybridized carbons (Fsp3) is 0.625. The summed E-state index contributed by atoms with van der Waals surface area (Å²) < 4.78 is 5.34. The number of nitrogens with one attached hydrogen (secondary N) is 1. The second kappa shape index (κ2) is 11.4. The van der Waals surface area contributed by atoms with Crippen LogP contribution >= 0.6 is 24.0 Å². The van der Waals surface area contributed by atoms with Crippen molar-refractivity contribution in [2.75, 3.05) is 58.4 Å². The number of guanidine groups is 1. The van der Waals surface area contributed by atoms with Gasteiger partial charge < -0.3 is 20.7 Å². The molecule has 1 aromatic rings. The van der Waals surface area contributed by atoms with E-state index in [-0.39, 0.29) is 24.0 Å². The van der Waals surface area contributed by atoms with Gasteiger partial charge in [0.05, 0.1) is 25.5 Å². The summed E-state index contributed by atoms with van der Waals surface area (Å²) in [4.78, 5) is 13.3. The molecule has 0 bridgehead atoms. The van der Waals surface area contributed by atoms with Crippen LogP contribution in [0.15, 0.2) is 23.2 Å². The highest BCUT2D eigenvalue weighted by Gasteiger charge is 2.09. The van der Waals surface area contributed by atoms with Gasteiger partial charge in [-0.3, -0.25) is 4.90 Å². The zero-order chi connectivity index (χ0) is 16.5. The van der Waals surface area contributed by atoms with Crippen LogP contribution in [0.5, 0.6) is 0 Å². The van der Waals surface area contributed by atoms with E-state index in [4.69, 9.17) is 10.5 Å². The molecule has 3 N–H and O–H groups in total. The van der Waals surface area contributed by atoms with E-state index in [9.17, 15) is 0 Å². The molecule has 24 heavy (non-hydrogen) atoms. The number of aromatic nitrogens is 1. The molecule has 0 aliphatic carbocycles. The van der Waals surface area contributed by atoms with E-state index in [0.29, 0.717) is 12.5 Å². The molecule has 0 unspecified atom stereocenters. The molecule has 1 saturated heterocycles. The van der Waals surface area contributed by atoms with Crippen molar-refractivity contribution in [1.29, 1.82) is 0 Å². The minimum absolute atomic E-state index is 0. The Morgan fingerprint density at radius 3 is 2.83 bits per heavy atom. The van der Waals surface area contributed by atoms with Crippen molar-refractivity contribution < 1.29 is 4.74 Å². The molecule has 7 nitrogen and oxygen atoms in total. The number of aliphatic imine (C=N–C) groups is 1. The van der Waals surface area contributed by atoms with Crippen LogP contribution in [0.2, 0.25) is 0 Å². The minimum atomic E-state index is 0. The molecule has 8 heteroatoms. The Morgan fingerprint density at radius 2 is 2.12 bits per heavy atom. The second-order valence-electron chi connectivity index (χ2n) is 5.82. The summed E-state index contributed by atoms with van der Waals surface area (Å²) in [6.07, 6.45) is 1.05. The van der Waals surface area contributed by atoms with Crippen molar-refractivity contribution in [2.24, 2.45) is 10.7 Å². The van der Waals surface area contributed by atoms with Crippen LogP contribution in [0.1, 0.15) is 12.1 Å². The largest absolute Gasteiger partial charge is 0.379 e. The number of hydrogen-bond acceptors (Lipinski definition) is 5. The lowest BCUT2D eigenvalue weighted by molar-refractivity contribution is 0.0376. The van der Waals surface area contributed by atoms with Gasteiger partial charge in [0.1, 0.15) is 5.82 Å². The normalized spacial score (nSPS) is 15.7. The number of morpholine rings is 1. The Morgan fingerprint density at radius 1 is 1.38 bits per heavy atom. The van der Waals surface area contributed by atoms with Gasteiger partial charge in [-0.15, -0.1) is 24.0 Å². The molecule has 136 valence electrons. The lowest BCUT2D eigenvalue weighted by atomic mass is 10.3. The summed E-state index contributed by atoms with van der Waals surface area (Å²) in [7, 11) is 3.94. The first-order valence-electron chi connectivity index (χ1n) is 8.12. The number of hydrogen-bond donors (Lipinski definition) is 2. The maximum Gasteiger partial charge on any atom is 0.188 e. The summed E-state index contributed by atoms with van der Waals surface area (Å²) in [5.74, 6) is 1.40. The van der Waals surface area contributed by atoms with Gasteiger partial charge in [0.25, 0.3) is 0 Å². The Balaban J connectivity index is 0.00000288. The molecule has 0 amide bonds. The monoisotopic (exact) mass is 448 g/mol. The van der Waals surface area contributed by atoms with Gasteiger partial charge in [-0.1, -0.05) is 6.07 Å². The Labute approximate surface area is 161 Å². The highest BCUT2D eigenvalue weighted by Crippen LogP contribution is 2.08. The molecule has 0 aromatic carbocycles. The molecular weight excluding hydrogens is 419 g/mol. The number of halogens is 1. The summed E-state index contributed by atoms with van der Waals surface area (Å²) in [5, 5.41) is 3.16. The molecule has 0 saturated carbocycles. The summed E-state index contributed by atoms with van der Waals surface area (Å²) in [6.45, 7) is 6.12. The second-order valence-corrected chi connectivity index (χ2v) is 5.82. The van der Waals surface area contributed by atoms with Crippen LogP contribution in [-0.2, 0) is 11.3 Å². The molecule has 1 fully saturated rings. The van der Waals surface area contributed by atoms with E-state index >= 15 is 0 Å². The van der Waals surface area contributed by atoms with Crippen LogP contribution in [0, 0.1) is 0 Å². The van der Waals surface area contributed by atoms with Gasteiger partial charge in [0.2, 0.25) is 0 Å². The molecular formula is C16H29IN6O. The zero-order valence-electron chi connectivity index (χ0n) is 14.6. The van der Waals surface area contributed by atoms with Crippen molar-refractivity contribution in [3.8, 4) is 0 Å². The third-order valence-electron chi connectivity index (χ3n) is 3.72. The minimum Gasteiger partial charge on any atom is -0.379 e. The van der Waals surface area contributed by atoms with Crippen LogP contribution in [0.25, 0.3) is 0 Å². The predicted octanol–water partition coefficient (Wildman–Crippen LogP) is 0.892. The average Bonchev–Trinajstić information content (AvgIpc) is 2.58. The molecule has 2 heterocycles. The third kappa shape index (κ3) is 7.63. The van der Waals surface area contributed by atoms with Crippen molar-refractivity contribution in [3.05, 3.63) is 23.9 Å². The van der Waals surface area contributed by atoms with Gasteiger partial charge in [0, 0.05) is 33.7 Å². The van der Waals surface area contributed by atoms with Crippen LogP contribution in [0.4, 0.5) is 5.82 Å². The van der Waals surface area contributed by atoms with Gasteiger partial charge >= 0.3 is 0 Å². The number of pyridine rings is 1. The smallest absolute Gasteiger partial charge is 0.188 e. The first-order chi connectivity index (χ1) is 11.1. The summed E-state index contributed by atoms with van der Waals surface area (Å²) in [5.41, 5.74) is 6.82. The van der Waals surface area contributed by atoms with Gasteiger partial charge in [-0.05, 0) is 25.1 Å². The topological polar surface area (TPSA) is 79.0 Å². The van der Waals surface area contributed by atoms with Crippen molar-refractivity contribution in [3.63, 3.8) is 0 Å². The van der Waals surface area contributed by atoms with E-state index < -0.39 is 0 Å². The Hall–Kier alpha value is -1.13. The lowest BCUT2D eigenvalue weighted by Gasteiger charge is -2.26. The Bertz CT molecular complexity index is 505. The highest BCUT2D eigenvalue weighted by atomic mass is 127. The maximum atomic E-state index is 5.91. The van der Waals surface area contributed by atoms with Gasteiger partial charge in [0.15, 0.2) is 5.96 Å². The average molecular weight is 448 g/mol. The Kier molecular flexibility index (Phi) is 9.96. The predicted molar refractivity (Wildman–Crippen MR) is 109 cm³/mol. The van der Waals surface area contributed by atoms with Crippen LogP contribution in [0.3, 0.4) is 0 Å². The lowest BCUT2D eigenvalue weighted by Crippen LogP contribution is -2.39. The van der Waals surface area contributed by atoms with Crippen molar-refractivity contribution in [1.82, 2.24) is 15.2 Å². The summed E-state index contributed by atoms with van der Waals surface area (Å²) in [6, 6.07) is 5.92. The molecule has 0 radical (unpaired) electrons. The zero-order valence-corrected chi connectivity index (χ0v) is 16.9. The SMILES string of the molecule is CN(C)c1cccc(CN=C(N)NCCCN2CCOCC2)n1.I. The molecule has 1 aromatic heterocycles. The molecule has 0 spiro atoms. The van der Waals surface area contributed by atoms with Crippen LogP contribution < -0.4 is 16.0 Å². The fourth-order valence-electron chi connectivity index (χ4n) is 2.37. The van der Waals surface area contributed by atoms with Gasteiger partial charge in [-0.2, -0.15) is 0 Å². The van der Waals surface area contributed by atoms with E-state index in [1.165, 1.54) is 0 Å². The fourth-order valence-corrected chi connectivity index (χ4v) is 2.37. The number of ether oxygens (including phenoxy) is 1. The number of anilines is 1. The molecule has 1 aliphatic heterocycles. The highest BCUT2D eigenvalue weighted by molar-refractivity contribution is 14.0. The van der Waals surface area contributed by atoms with Crippen molar-refractivity contribution >= 4 is 35.8 Å². The van der Waals surface area contributed by atoms with Crippen molar-refractivity contribution in [2.45, 2.75) is 13.0 Å². The van der Waals surface area contributed by atoms with Crippen LogP contribution in [-0.4, -0.2) is 69.3 Å². The quantitative estimate of drug-likeness (QED) is 0.279. The molecule has 1 aliphatic rings. The van der Waals surface area contributed by atoms with E-state index in [2.05, 4.69) is 20.2 Å². The molecule has 2 rings (SSSR count). The van der Waals surface area contributed by atoms with E-state index in [1.807, 2.05) is 37.2 Å². The third-order valence-corrected chi connectivity index (χ3v) is 3.72. The number of nitrogens with zero attached hydrogens (tertiary/aromatic N) is 4.